The zero-order valence-corrected chi connectivity index (χ0v) is 11.8. The summed E-state index contributed by atoms with van der Waals surface area (Å²) >= 11 is 0. The van der Waals surface area contributed by atoms with Crippen LogP contribution < -0.4 is 9.47 Å². The average Bonchev–Trinajstić information content (AvgIpc) is 2.33. The molecule has 0 spiro atoms. The van der Waals surface area contributed by atoms with E-state index in [1.165, 1.54) is 25.3 Å². The fourth-order valence-corrected chi connectivity index (χ4v) is 1.40. The van der Waals surface area contributed by atoms with Crippen LogP contribution in [0.1, 0.15) is 20.8 Å². The molecule has 110 valence electrons. The van der Waals surface area contributed by atoms with Crippen LogP contribution in [0.4, 0.5) is 5.69 Å². The SMILES string of the molecule is COc1ccc([N+](=O)[O-])cc1OCC(=O)OC(C)(C)C. The summed E-state index contributed by atoms with van der Waals surface area (Å²) < 4.78 is 15.3. The van der Waals surface area contributed by atoms with Crippen LogP contribution in [-0.2, 0) is 9.53 Å². The Labute approximate surface area is 116 Å². The van der Waals surface area contributed by atoms with Gasteiger partial charge in [0.25, 0.3) is 5.69 Å². The maximum Gasteiger partial charge on any atom is 0.344 e. The number of nitro benzene ring substituents is 1. The maximum absolute atomic E-state index is 11.5. The van der Waals surface area contributed by atoms with E-state index in [0.717, 1.165) is 0 Å². The minimum atomic E-state index is -0.618. The highest BCUT2D eigenvalue weighted by molar-refractivity contribution is 5.71. The van der Waals surface area contributed by atoms with Gasteiger partial charge in [-0.25, -0.2) is 4.79 Å². The molecule has 0 fully saturated rings. The summed E-state index contributed by atoms with van der Waals surface area (Å²) in [7, 11) is 1.40. The number of ether oxygens (including phenoxy) is 3. The summed E-state index contributed by atoms with van der Waals surface area (Å²) in [5, 5.41) is 10.7. The summed E-state index contributed by atoms with van der Waals surface area (Å²) in [5.74, 6) is -0.141. The van der Waals surface area contributed by atoms with Crippen molar-refractivity contribution < 1.29 is 23.9 Å². The van der Waals surface area contributed by atoms with Crippen molar-refractivity contribution in [1.82, 2.24) is 0 Å². The van der Waals surface area contributed by atoms with E-state index < -0.39 is 16.5 Å². The second-order valence-corrected chi connectivity index (χ2v) is 4.97. The minimum Gasteiger partial charge on any atom is -0.493 e. The highest BCUT2D eigenvalue weighted by Gasteiger charge is 2.18. The van der Waals surface area contributed by atoms with Gasteiger partial charge < -0.3 is 14.2 Å². The highest BCUT2D eigenvalue weighted by Crippen LogP contribution is 2.31. The standard InChI is InChI=1S/C13H17NO6/c1-13(2,3)20-12(15)8-19-11-7-9(14(16)17)5-6-10(11)18-4/h5-7H,8H2,1-4H3. The number of non-ortho nitro benzene ring substituents is 1. The number of carbonyl (C=O) groups is 1. The number of hydrogen-bond donors (Lipinski definition) is 0. The van der Waals surface area contributed by atoms with E-state index in [1.807, 2.05) is 0 Å². The van der Waals surface area contributed by atoms with Crippen molar-refractivity contribution in [3.05, 3.63) is 28.3 Å². The molecule has 0 aliphatic heterocycles. The Hall–Kier alpha value is -2.31. The number of benzene rings is 1. The van der Waals surface area contributed by atoms with Crippen molar-refractivity contribution in [3.8, 4) is 11.5 Å². The minimum absolute atomic E-state index is 0.118. The summed E-state index contributed by atoms with van der Waals surface area (Å²) in [4.78, 5) is 21.7. The molecule has 0 bridgehead atoms. The van der Waals surface area contributed by atoms with E-state index in [1.54, 1.807) is 20.8 Å². The van der Waals surface area contributed by atoms with E-state index >= 15 is 0 Å². The Bertz CT molecular complexity index is 506. The Balaban J connectivity index is 2.78. The first-order valence-electron chi connectivity index (χ1n) is 5.90. The van der Waals surface area contributed by atoms with Crippen molar-refractivity contribution in [2.24, 2.45) is 0 Å². The number of rotatable bonds is 5. The first-order chi connectivity index (χ1) is 9.23. The molecule has 1 aromatic rings. The van der Waals surface area contributed by atoms with Crippen molar-refractivity contribution in [3.63, 3.8) is 0 Å². The van der Waals surface area contributed by atoms with Crippen LogP contribution >= 0.6 is 0 Å². The molecule has 0 saturated heterocycles. The molecule has 7 heteroatoms. The van der Waals surface area contributed by atoms with Crippen LogP contribution in [0.2, 0.25) is 0 Å². The van der Waals surface area contributed by atoms with Gasteiger partial charge in [-0.2, -0.15) is 0 Å². The van der Waals surface area contributed by atoms with E-state index in [0.29, 0.717) is 5.75 Å². The lowest BCUT2D eigenvalue weighted by Gasteiger charge is -2.19. The molecule has 0 radical (unpaired) electrons. The van der Waals surface area contributed by atoms with Crippen molar-refractivity contribution in [2.75, 3.05) is 13.7 Å². The van der Waals surface area contributed by atoms with Crippen LogP contribution in [0.5, 0.6) is 11.5 Å². The fraction of sp³-hybridized carbons (Fsp3) is 0.462. The summed E-state index contributed by atoms with van der Waals surface area (Å²) in [6, 6.07) is 3.89. The third kappa shape index (κ3) is 4.75. The lowest BCUT2D eigenvalue weighted by Crippen LogP contribution is -2.27. The predicted octanol–water partition coefficient (Wildman–Crippen LogP) is 2.32. The number of esters is 1. The van der Waals surface area contributed by atoms with Gasteiger partial charge in [0.15, 0.2) is 18.1 Å². The second kappa shape index (κ2) is 6.23. The molecule has 0 aromatic heterocycles. The third-order valence-corrected chi connectivity index (χ3v) is 2.12. The number of methoxy groups -OCH3 is 1. The summed E-state index contributed by atoms with van der Waals surface area (Å²) in [6.07, 6.45) is 0. The first-order valence-corrected chi connectivity index (χ1v) is 5.90. The van der Waals surface area contributed by atoms with Gasteiger partial charge in [-0.15, -0.1) is 0 Å². The van der Waals surface area contributed by atoms with Gasteiger partial charge in [-0.05, 0) is 26.8 Å². The maximum atomic E-state index is 11.5. The molecular weight excluding hydrogens is 266 g/mol. The van der Waals surface area contributed by atoms with Crippen molar-refractivity contribution >= 4 is 11.7 Å². The van der Waals surface area contributed by atoms with Gasteiger partial charge in [0.1, 0.15) is 5.60 Å². The quantitative estimate of drug-likeness (QED) is 0.468. The lowest BCUT2D eigenvalue weighted by atomic mass is 10.2. The summed E-state index contributed by atoms with van der Waals surface area (Å²) in [6.45, 7) is 4.85. The molecule has 7 nitrogen and oxygen atoms in total. The molecule has 0 heterocycles. The van der Waals surface area contributed by atoms with Gasteiger partial charge in [-0.1, -0.05) is 0 Å². The molecule has 1 rings (SSSR count). The molecular formula is C13H17NO6. The van der Waals surface area contributed by atoms with Gasteiger partial charge >= 0.3 is 5.97 Å². The topological polar surface area (TPSA) is 87.9 Å². The normalized spacial score (nSPS) is 10.8. The third-order valence-electron chi connectivity index (χ3n) is 2.12. The van der Waals surface area contributed by atoms with Crippen LogP contribution in [0.25, 0.3) is 0 Å². The Morgan fingerprint density at radius 2 is 1.95 bits per heavy atom. The van der Waals surface area contributed by atoms with Gasteiger partial charge in [0.2, 0.25) is 0 Å². The van der Waals surface area contributed by atoms with Gasteiger partial charge in [0.05, 0.1) is 18.1 Å². The summed E-state index contributed by atoms with van der Waals surface area (Å²) in [5.41, 5.74) is -0.766. The smallest absolute Gasteiger partial charge is 0.344 e. The van der Waals surface area contributed by atoms with E-state index in [4.69, 9.17) is 14.2 Å². The first kappa shape index (κ1) is 15.7. The Morgan fingerprint density at radius 3 is 2.45 bits per heavy atom. The molecule has 20 heavy (non-hydrogen) atoms. The predicted molar refractivity (Wildman–Crippen MR) is 71.0 cm³/mol. The van der Waals surface area contributed by atoms with Crippen LogP contribution in [0, 0.1) is 10.1 Å². The fourth-order valence-electron chi connectivity index (χ4n) is 1.40. The average molecular weight is 283 g/mol. The molecule has 0 amide bonds. The Kier molecular flexibility index (Phi) is 4.90. The monoisotopic (exact) mass is 283 g/mol. The zero-order valence-electron chi connectivity index (χ0n) is 11.8. The van der Waals surface area contributed by atoms with Gasteiger partial charge in [0, 0.05) is 6.07 Å². The number of carbonyl (C=O) groups excluding carboxylic acids is 1. The van der Waals surface area contributed by atoms with Crippen molar-refractivity contribution in [2.45, 2.75) is 26.4 Å². The number of hydrogen-bond acceptors (Lipinski definition) is 6. The van der Waals surface area contributed by atoms with E-state index in [9.17, 15) is 14.9 Å². The lowest BCUT2D eigenvalue weighted by molar-refractivity contribution is -0.385. The highest BCUT2D eigenvalue weighted by atomic mass is 16.6. The molecule has 0 unspecified atom stereocenters. The molecule has 0 aliphatic rings. The van der Waals surface area contributed by atoms with E-state index in [2.05, 4.69) is 0 Å². The van der Waals surface area contributed by atoms with E-state index in [-0.39, 0.29) is 18.0 Å². The van der Waals surface area contributed by atoms with Crippen molar-refractivity contribution in [1.29, 1.82) is 0 Å². The largest absolute Gasteiger partial charge is 0.493 e. The molecule has 0 aliphatic carbocycles. The van der Waals surface area contributed by atoms with Gasteiger partial charge in [-0.3, -0.25) is 10.1 Å². The van der Waals surface area contributed by atoms with Crippen LogP contribution in [0.15, 0.2) is 18.2 Å². The number of nitro groups is 1. The van der Waals surface area contributed by atoms with Crippen LogP contribution in [-0.4, -0.2) is 30.2 Å². The molecule has 0 N–H and O–H groups in total. The molecule has 0 atom stereocenters. The molecule has 0 saturated carbocycles. The Morgan fingerprint density at radius 1 is 1.30 bits per heavy atom. The number of nitrogens with zero attached hydrogens (tertiary/aromatic N) is 1. The molecule has 1 aromatic carbocycles. The second-order valence-electron chi connectivity index (χ2n) is 4.97. The van der Waals surface area contributed by atoms with Crippen LogP contribution in [0.3, 0.4) is 0 Å². The zero-order chi connectivity index (χ0) is 15.3.